The molecule has 23 heavy (non-hydrogen) atoms. The van der Waals surface area contributed by atoms with Crippen LogP contribution in [0.4, 0.5) is 0 Å². The van der Waals surface area contributed by atoms with Crippen molar-refractivity contribution in [3.05, 3.63) is 34.9 Å². The maximum absolute atomic E-state index is 12.7. The predicted molar refractivity (Wildman–Crippen MR) is 90.4 cm³/mol. The summed E-state index contributed by atoms with van der Waals surface area (Å²) in [6.45, 7) is 4.06. The minimum Gasteiger partial charge on any atom is -0.378 e. The van der Waals surface area contributed by atoms with E-state index in [0.29, 0.717) is 37.1 Å². The molecule has 2 saturated heterocycles. The fraction of sp³-hybridized carbons (Fsp3) is 0.500. The van der Waals surface area contributed by atoms with Crippen molar-refractivity contribution in [3.63, 3.8) is 0 Å². The van der Waals surface area contributed by atoms with Crippen LogP contribution in [0.2, 0.25) is 5.02 Å². The number of rotatable bonds is 3. The van der Waals surface area contributed by atoms with E-state index >= 15 is 0 Å². The lowest BCUT2D eigenvalue weighted by Gasteiger charge is -2.35. The van der Waals surface area contributed by atoms with Crippen LogP contribution in [0.25, 0.3) is 0 Å². The van der Waals surface area contributed by atoms with E-state index < -0.39 is 6.04 Å². The largest absolute Gasteiger partial charge is 0.378 e. The van der Waals surface area contributed by atoms with E-state index in [0.717, 1.165) is 5.56 Å². The molecule has 0 saturated carbocycles. The lowest BCUT2D eigenvalue weighted by molar-refractivity contribution is -0.146. The van der Waals surface area contributed by atoms with E-state index in [1.165, 1.54) is 11.8 Å². The van der Waals surface area contributed by atoms with E-state index in [9.17, 15) is 9.59 Å². The second kappa shape index (κ2) is 7.11. The summed E-state index contributed by atoms with van der Waals surface area (Å²) in [6, 6.07) is 6.98. The Morgan fingerprint density at radius 1 is 1.35 bits per heavy atom. The van der Waals surface area contributed by atoms with Crippen LogP contribution >= 0.6 is 23.4 Å². The van der Waals surface area contributed by atoms with Crippen molar-refractivity contribution in [3.8, 4) is 0 Å². The van der Waals surface area contributed by atoms with Gasteiger partial charge < -0.3 is 14.5 Å². The first-order chi connectivity index (χ1) is 11.1. The third kappa shape index (κ3) is 3.34. The molecule has 0 aromatic heterocycles. The van der Waals surface area contributed by atoms with Crippen LogP contribution in [0, 0.1) is 0 Å². The van der Waals surface area contributed by atoms with Crippen LogP contribution in [-0.2, 0) is 14.3 Å². The molecule has 2 aliphatic heterocycles. The molecule has 2 aliphatic rings. The fourth-order valence-electron chi connectivity index (χ4n) is 2.94. The van der Waals surface area contributed by atoms with Gasteiger partial charge in [0.25, 0.3) is 0 Å². The maximum atomic E-state index is 12.7. The summed E-state index contributed by atoms with van der Waals surface area (Å²) in [5.74, 6) is 0.326. The minimum absolute atomic E-state index is 0.0194. The molecule has 5 nitrogen and oxygen atoms in total. The number of benzene rings is 1. The molecule has 1 aromatic carbocycles. The zero-order chi connectivity index (χ0) is 16.4. The second-order valence-corrected chi connectivity index (χ2v) is 7.08. The van der Waals surface area contributed by atoms with Crippen LogP contribution in [0.15, 0.2) is 24.3 Å². The summed E-state index contributed by atoms with van der Waals surface area (Å²) in [6.07, 6.45) is 0. The Balaban J connectivity index is 1.82. The van der Waals surface area contributed by atoms with Gasteiger partial charge >= 0.3 is 0 Å². The molecule has 0 radical (unpaired) electrons. The standard InChI is InChI=1S/C16H19ClN2O3S/c1-11(15(21)18-6-8-22-9-7-18)19-14(20)10-23-16(19)12-4-2-3-5-13(12)17/h2-5,11,16H,6-10H2,1H3/t11-,16-/m1/s1. The molecule has 124 valence electrons. The molecule has 2 fully saturated rings. The van der Waals surface area contributed by atoms with E-state index in [1.54, 1.807) is 16.7 Å². The average molecular weight is 355 g/mol. The zero-order valence-corrected chi connectivity index (χ0v) is 14.5. The Morgan fingerprint density at radius 3 is 2.74 bits per heavy atom. The van der Waals surface area contributed by atoms with Gasteiger partial charge in [0.1, 0.15) is 11.4 Å². The lowest BCUT2D eigenvalue weighted by atomic mass is 10.1. The van der Waals surface area contributed by atoms with Gasteiger partial charge in [0, 0.05) is 23.7 Å². The Kier molecular flexibility index (Phi) is 5.14. The summed E-state index contributed by atoms with van der Waals surface area (Å²) >= 11 is 7.80. The topological polar surface area (TPSA) is 49.9 Å². The van der Waals surface area contributed by atoms with E-state index in [4.69, 9.17) is 16.3 Å². The quantitative estimate of drug-likeness (QED) is 0.834. The number of carbonyl (C=O) groups excluding carboxylic acids is 2. The van der Waals surface area contributed by atoms with Gasteiger partial charge in [-0.05, 0) is 13.0 Å². The summed E-state index contributed by atoms with van der Waals surface area (Å²) < 4.78 is 5.29. The third-order valence-electron chi connectivity index (χ3n) is 4.17. The van der Waals surface area contributed by atoms with Crippen molar-refractivity contribution in [1.29, 1.82) is 0 Å². The molecule has 0 bridgehead atoms. The van der Waals surface area contributed by atoms with Crippen LogP contribution in [0.3, 0.4) is 0 Å². The van der Waals surface area contributed by atoms with Crippen molar-refractivity contribution in [2.24, 2.45) is 0 Å². The van der Waals surface area contributed by atoms with Gasteiger partial charge in [-0.2, -0.15) is 0 Å². The normalized spacial score (nSPS) is 23.2. The van der Waals surface area contributed by atoms with Gasteiger partial charge in [0.15, 0.2) is 0 Å². The van der Waals surface area contributed by atoms with E-state index in [2.05, 4.69) is 0 Å². The van der Waals surface area contributed by atoms with E-state index in [1.807, 2.05) is 24.3 Å². The Bertz CT molecular complexity index is 607. The van der Waals surface area contributed by atoms with Crippen LogP contribution in [-0.4, -0.2) is 59.7 Å². The Morgan fingerprint density at radius 2 is 2.04 bits per heavy atom. The number of nitrogens with zero attached hydrogens (tertiary/aromatic N) is 2. The molecule has 0 N–H and O–H groups in total. The van der Waals surface area contributed by atoms with Crippen molar-refractivity contribution < 1.29 is 14.3 Å². The monoisotopic (exact) mass is 354 g/mol. The van der Waals surface area contributed by atoms with Crippen molar-refractivity contribution in [1.82, 2.24) is 9.80 Å². The van der Waals surface area contributed by atoms with Crippen LogP contribution in [0.1, 0.15) is 17.9 Å². The lowest BCUT2D eigenvalue weighted by Crippen LogP contribution is -2.51. The molecule has 0 unspecified atom stereocenters. The van der Waals surface area contributed by atoms with Gasteiger partial charge in [-0.3, -0.25) is 9.59 Å². The number of ether oxygens (including phenoxy) is 1. The highest BCUT2D eigenvalue weighted by Gasteiger charge is 2.40. The molecule has 2 amide bonds. The molecule has 0 spiro atoms. The highest BCUT2D eigenvalue weighted by Crippen LogP contribution is 2.42. The van der Waals surface area contributed by atoms with Gasteiger partial charge in [-0.25, -0.2) is 0 Å². The van der Waals surface area contributed by atoms with Crippen molar-refractivity contribution >= 4 is 35.2 Å². The summed E-state index contributed by atoms with van der Waals surface area (Å²) in [7, 11) is 0. The zero-order valence-electron chi connectivity index (χ0n) is 12.9. The number of amides is 2. The number of hydrogen-bond donors (Lipinski definition) is 0. The first-order valence-corrected chi connectivity index (χ1v) is 9.06. The Hall–Kier alpha value is -1.24. The molecular weight excluding hydrogens is 336 g/mol. The molecule has 1 aromatic rings. The number of halogens is 1. The van der Waals surface area contributed by atoms with Gasteiger partial charge in [0.2, 0.25) is 11.8 Å². The van der Waals surface area contributed by atoms with Gasteiger partial charge in [-0.1, -0.05) is 29.8 Å². The van der Waals surface area contributed by atoms with Crippen molar-refractivity contribution in [2.45, 2.75) is 18.3 Å². The average Bonchev–Trinajstić information content (AvgIpc) is 2.96. The van der Waals surface area contributed by atoms with E-state index in [-0.39, 0.29) is 17.2 Å². The highest BCUT2D eigenvalue weighted by atomic mass is 35.5. The Labute approximate surface area is 144 Å². The SMILES string of the molecule is C[C@H](C(=O)N1CCOCC1)N1C(=O)CS[C@@H]1c1ccccc1Cl. The summed E-state index contributed by atoms with van der Waals surface area (Å²) in [5, 5.41) is 0.409. The predicted octanol–water partition coefficient (Wildman–Crippen LogP) is 2.16. The molecule has 3 rings (SSSR count). The minimum atomic E-state index is -0.503. The number of carbonyl (C=O) groups is 2. The first kappa shape index (κ1) is 16.6. The summed E-state index contributed by atoms with van der Waals surface area (Å²) in [4.78, 5) is 28.5. The maximum Gasteiger partial charge on any atom is 0.245 e. The molecule has 7 heteroatoms. The number of hydrogen-bond acceptors (Lipinski definition) is 4. The van der Waals surface area contributed by atoms with Gasteiger partial charge in [0.05, 0.1) is 19.0 Å². The number of morpholine rings is 1. The van der Waals surface area contributed by atoms with Crippen LogP contribution in [0.5, 0.6) is 0 Å². The third-order valence-corrected chi connectivity index (χ3v) is 5.73. The smallest absolute Gasteiger partial charge is 0.245 e. The number of thioether (sulfide) groups is 1. The van der Waals surface area contributed by atoms with Gasteiger partial charge in [-0.15, -0.1) is 11.8 Å². The molecule has 2 atom stereocenters. The molecule has 2 heterocycles. The molecule has 0 aliphatic carbocycles. The van der Waals surface area contributed by atoms with Crippen LogP contribution < -0.4 is 0 Å². The molecular formula is C16H19ClN2O3S. The highest BCUT2D eigenvalue weighted by molar-refractivity contribution is 8.00. The second-order valence-electron chi connectivity index (χ2n) is 5.60. The fourth-order valence-corrected chi connectivity index (χ4v) is 4.54. The first-order valence-electron chi connectivity index (χ1n) is 7.63. The van der Waals surface area contributed by atoms with Crippen molar-refractivity contribution in [2.75, 3.05) is 32.1 Å². The summed E-state index contributed by atoms with van der Waals surface area (Å²) in [5.41, 5.74) is 0.881.